The van der Waals surface area contributed by atoms with Crippen molar-refractivity contribution in [2.24, 2.45) is 0 Å². The maximum Gasteiger partial charge on any atom is 0.276 e. The summed E-state index contributed by atoms with van der Waals surface area (Å²) in [6.45, 7) is 4.95. The fourth-order valence-electron chi connectivity index (χ4n) is 3.90. The molecule has 26 heavy (non-hydrogen) atoms. The number of rotatable bonds is 3. The number of hydrogen-bond acceptors (Lipinski definition) is 5. The molecule has 3 heterocycles. The van der Waals surface area contributed by atoms with Crippen LogP contribution in [0.4, 0.5) is 5.82 Å². The lowest BCUT2D eigenvalue weighted by atomic mass is 9.96. The number of piperazine rings is 1. The van der Waals surface area contributed by atoms with Gasteiger partial charge in [-0.05, 0) is 31.9 Å². The molecule has 0 radical (unpaired) electrons. The average Bonchev–Trinajstić information content (AvgIpc) is 3.18. The summed E-state index contributed by atoms with van der Waals surface area (Å²) >= 11 is 0. The Bertz CT molecular complexity index is 759. The number of carbonyl (C=O) groups excluding carboxylic acids is 1. The Morgan fingerprint density at radius 2 is 1.85 bits per heavy atom. The Morgan fingerprint density at radius 1 is 1.08 bits per heavy atom. The lowest BCUT2D eigenvalue weighted by molar-refractivity contribution is 0.0740. The van der Waals surface area contributed by atoms with E-state index in [1.807, 2.05) is 40.9 Å². The van der Waals surface area contributed by atoms with Gasteiger partial charge >= 0.3 is 0 Å². The summed E-state index contributed by atoms with van der Waals surface area (Å²) in [5, 5.41) is 8.38. The van der Waals surface area contributed by atoms with Crippen molar-refractivity contribution in [1.29, 1.82) is 0 Å². The van der Waals surface area contributed by atoms with Crippen LogP contribution in [0.15, 0.2) is 24.4 Å². The second kappa shape index (κ2) is 7.43. The maximum absolute atomic E-state index is 12.8. The summed E-state index contributed by atoms with van der Waals surface area (Å²) in [7, 11) is 0. The van der Waals surface area contributed by atoms with Gasteiger partial charge in [0.15, 0.2) is 5.69 Å². The first kappa shape index (κ1) is 17.0. The Labute approximate surface area is 154 Å². The molecule has 7 nitrogen and oxygen atoms in total. The van der Waals surface area contributed by atoms with E-state index in [1.54, 1.807) is 0 Å². The molecule has 0 spiro atoms. The third-order valence-electron chi connectivity index (χ3n) is 5.44. The lowest BCUT2D eigenvalue weighted by Gasteiger charge is -2.35. The van der Waals surface area contributed by atoms with E-state index in [-0.39, 0.29) is 5.91 Å². The van der Waals surface area contributed by atoms with Gasteiger partial charge in [0, 0.05) is 31.9 Å². The van der Waals surface area contributed by atoms with Gasteiger partial charge in [-0.3, -0.25) is 4.79 Å². The second-order valence-corrected chi connectivity index (χ2v) is 7.29. The van der Waals surface area contributed by atoms with Crippen LogP contribution in [0.3, 0.4) is 0 Å². The molecule has 1 saturated heterocycles. The van der Waals surface area contributed by atoms with E-state index >= 15 is 0 Å². The van der Waals surface area contributed by atoms with Gasteiger partial charge in [-0.1, -0.05) is 30.5 Å². The standard InChI is InChI=1S/C19H26N6O/c1-15-6-5-9-18(20-15)23-10-12-24(13-11-23)19(26)17-14-25(22-21-17)16-7-3-2-4-8-16/h5-6,9,14,16H,2-4,7-8,10-13H2,1H3. The monoisotopic (exact) mass is 354 g/mol. The van der Waals surface area contributed by atoms with E-state index in [4.69, 9.17) is 0 Å². The topological polar surface area (TPSA) is 67.2 Å². The molecule has 1 aliphatic heterocycles. The quantitative estimate of drug-likeness (QED) is 0.847. The number of aryl methyl sites for hydroxylation is 1. The van der Waals surface area contributed by atoms with Crippen molar-refractivity contribution in [3.63, 3.8) is 0 Å². The zero-order valence-corrected chi connectivity index (χ0v) is 15.3. The second-order valence-electron chi connectivity index (χ2n) is 7.29. The minimum absolute atomic E-state index is 0.0103. The maximum atomic E-state index is 12.8. The molecule has 0 aromatic carbocycles. The molecular weight excluding hydrogens is 328 g/mol. The van der Waals surface area contributed by atoms with Crippen molar-refractivity contribution in [2.45, 2.75) is 45.1 Å². The minimum atomic E-state index is -0.0103. The Balaban J connectivity index is 1.37. The van der Waals surface area contributed by atoms with Gasteiger partial charge in [-0.25, -0.2) is 9.67 Å². The van der Waals surface area contributed by atoms with Gasteiger partial charge < -0.3 is 9.80 Å². The smallest absolute Gasteiger partial charge is 0.276 e. The molecule has 4 rings (SSSR count). The number of anilines is 1. The molecule has 1 aliphatic carbocycles. The summed E-state index contributed by atoms with van der Waals surface area (Å²) < 4.78 is 1.90. The SMILES string of the molecule is Cc1cccc(N2CCN(C(=O)c3cn(C4CCCCC4)nn3)CC2)n1. The van der Waals surface area contributed by atoms with Crippen LogP contribution in [-0.4, -0.2) is 57.0 Å². The van der Waals surface area contributed by atoms with Crippen molar-refractivity contribution in [3.05, 3.63) is 35.8 Å². The molecule has 1 saturated carbocycles. The normalized spacial score (nSPS) is 19.0. The van der Waals surface area contributed by atoms with Crippen LogP contribution in [-0.2, 0) is 0 Å². The number of amides is 1. The lowest BCUT2D eigenvalue weighted by Crippen LogP contribution is -2.49. The van der Waals surface area contributed by atoms with Crippen molar-refractivity contribution in [2.75, 3.05) is 31.1 Å². The number of aromatic nitrogens is 4. The predicted molar refractivity (Wildman–Crippen MR) is 99.2 cm³/mol. The van der Waals surface area contributed by atoms with Crippen molar-refractivity contribution < 1.29 is 4.79 Å². The molecule has 0 atom stereocenters. The molecule has 0 unspecified atom stereocenters. The largest absolute Gasteiger partial charge is 0.353 e. The predicted octanol–water partition coefficient (Wildman–Crippen LogP) is 2.45. The zero-order valence-electron chi connectivity index (χ0n) is 15.3. The summed E-state index contributed by atoms with van der Waals surface area (Å²) in [5.74, 6) is 0.976. The molecule has 7 heteroatoms. The van der Waals surface area contributed by atoms with Crippen LogP contribution in [0, 0.1) is 6.92 Å². The van der Waals surface area contributed by atoms with Gasteiger partial charge in [0.2, 0.25) is 0 Å². The fourth-order valence-corrected chi connectivity index (χ4v) is 3.90. The third-order valence-corrected chi connectivity index (χ3v) is 5.44. The molecule has 0 bridgehead atoms. The van der Waals surface area contributed by atoms with Gasteiger partial charge in [0.05, 0.1) is 12.2 Å². The first-order valence-electron chi connectivity index (χ1n) is 9.60. The van der Waals surface area contributed by atoms with Crippen LogP contribution in [0.5, 0.6) is 0 Å². The highest BCUT2D eigenvalue weighted by Gasteiger charge is 2.26. The summed E-state index contributed by atoms with van der Waals surface area (Å²) in [4.78, 5) is 21.5. The molecular formula is C19H26N6O. The van der Waals surface area contributed by atoms with E-state index in [0.29, 0.717) is 24.8 Å². The Morgan fingerprint density at radius 3 is 2.58 bits per heavy atom. The molecule has 2 fully saturated rings. The van der Waals surface area contributed by atoms with Crippen LogP contribution >= 0.6 is 0 Å². The number of pyridine rings is 1. The van der Waals surface area contributed by atoms with Gasteiger partial charge in [0.25, 0.3) is 5.91 Å². The minimum Gasteiger partial charge on any atom is -0.353 e. The van der Waals surface area contributed by atoms with Crippen molar-refractivity contribution in [3.8, 4) is 0 Å². The van der Waals surface area contributed by atoms with Gasteiger partial charge in [-0.2, -0.15) is 0 Å². The summed E-state index contributed by atoms with van der Waals surface area (Å²) in [5.41, 5.74) is 1.48. The van der Waals surface area contributed by atoms with Crippen molar-refractivity contribution in [1.82, 2.24) is 24.9 Å². The highest BCUT2D eigenvalue weighted by molar-refractivity contribution is 5.92. The van der Waals surface area contributed by atoms with E-state index < -0.39 is 0 Å². The Hall–Kier alpha value is -2.44. The fraction of sp³-hybridized carbons (Fsp3) is 0.579. The molecule has 2 aliphatic rings. The molecule has 2 aromatic heterocycles. The molecule has 138 valence electrons. The molecule has 0 N–H and O–H groups in total. The molecule has 2 aromatic rings. The molecule has 1 amide bonds. The van der Waals surface area contributed by atoms with E-state index in [2.05, 4.69) is 20.2 Å². The Kier molecular flexibility index (Phi) is 4.86. The van der Waals surface area contributed by atoms with Crippen molar-refractivity contribution >= 4 is 11.7 Å². The van der Waals surface area contributed by atoms with Crippen LogP contribution in [0.2, 0.25) is 0 Å². The number of nitrogens with zero attached hydrogens (tertiary/aromatic N) is 6. The van der Waals surface area contributed by atoms with Gasteiger partial charge in [-0.15, -0.1) is 5.10 Å². The first-order chi connectivity index (χ1) is 12.7. The first-order valence-corrected chi connectivity index (χ1v) is 9.60. The number of carbonyl (C=O) groups is 1. The van der Waals surface area contributed by atoms with Crippen LogP contribution in [0.25, 0.3) is 0 Å². The van der Waals surface area contributed by atoms with Gasteiger partial charge in [0.1, 0.15) is 5.82 Å². The third kappa shape index (κ3) is 3.57. The summed E-state index contributed by atoms with van der Waals surface area (Å²) in [6, 6.07) is 6.46. The van der Waals surface area contributed by atoms with Crippen LogP contribution < -0.4 is 4.90 Å². The highest BCUT2D eigenvalue weighted by atomic mass is 16.2. The average molecular weight is 354 g/mol. The zero-order chi connectivity index (χ0) is 17.9. The highest BCUT2D eigenvalue weighted by Crippen LogP contribution is 2.27. The van der Waals surface area contributed by atoms with E-state index in [9.17, 15) is 4.79 Å². The summed E-state index contributed by atoms with van der Waals surface area (Å²) in [6.07, 6.45) is 7.90. The van der Waals surface area contributed by atoms with Crippen LogP contribution in [0.1, 0.15) is 54.3 Å². The van der Waals surface area contributed by atoms with E-state index in [1.165, 1.54) is 19.3 Å². The van der Waals surface area contributed by atoms with E-state index in [0.717, 1.165) is 37.4 Å². The number of hydrogen-bond donors (Lipinski definition) is 0.